The van der Waals surface area contributed by atoms with Crippen molar-refractivity contribution in [1.29, 1.82) is 0 Å². The van der Waals surface area contributed by atoms with Gasteiger partial charge >= 0.3 is 0 Å². The molecule has 2 aromatic rings. The van der Waals surface area contributed by atoms with Gasteiger partial charge in [0, 0.05) is 31.1 Å². The number of rotatable bonds is 6. The molecule has 0 fully saturated rings. The molecule has 23 heavy (non-hydrogen) atoms. The Morgan fingerprint density at radius 3 is 3.09 bits per heavy atom. The number of nitrogens with one attached hydrogen (secondary N) is 1. The predicted octanol–water partition coefficient (Wildman–Crippen LogP) is -0.213. The molecule has 1 atom stereocenters. The zero-order valence-electron chi connectivity index (χ0n) is 12.8. The first-order valence-electron chi connectivity index (χ1n) is 7.41. The zero-order valence-corrected chi connectivity index (χ0v) is 12.8. The molecule has 0 spiro atoms. The number of nitrogens with zero attached hydrogens (tertiary/aromatic N) is 5. The summed E-state index contributed by atoms with van der Waals surface area (Å²) >= 11 is 0. The van der Waals surface area contributed by atoms with Gasteiger partial charge in [-0.2, -0.15) is 0 Å². The summed E-state index contributed by atoms with van der Waals surface area (Å²) in [4.78, 5) is 19.5. The highest BCUT2D eigenvalue weighted by Gasteiger charge is 2.24. The van der Waals surface area contributed by atoms with Crippen molar-refractivity contribution in [3.63, 3.8) is 0 Å². The number of amides is 1. The lowest BCUT2D eigenvalue weighted by Gasteiger charge is -2.24. The SMILES string of the molecule is CCOCC(=O)NCC1Cn2nnc(-c3cncnc3)c2CO1. The van der Waals surface area contributed by atoms with Gasteiger partial charge in [0.15, 0.2) is 0 Å². The highest BCUT2D eigenvalue weighted by Crippen LogP contribution is 2.23. The van der Waals surface area contributed by atoms with Gasteiger partial charge in [0.1, 0.15) is 18.6 Å². The minimum absolute atomic E-state index is 0.0654. The minimum atomic E-state index is -0.151. The van der Waals surface area contributed by atoms with Crippen LogP contribution in [0.2, 0.25) is 0 Å². The Kier molecular flexibility index (Phi) is 4.89. The Morgan fingerprint density at radius 1 is 1.48 bits per heavy atom. The number of hydrogen-bond donors (Lipinski definition) is 1. The van der Waals surface area contributed by atoms with E-state index in [-0.39, 0.29) is 18.6 Å². The van der Waals surface area contributed by atoms with Gasteiger partial charge in [-0.15, -0.1) is 5.10 Å². The molecule has 9 heteroatoms. The molecule has 1 unspecified atom stereocenters. The van der Waals surface area contributed by atoms with Crippen LogP contribution < -0.4 is 5.32 Å². The van der Waals surface area contributed by atoms with Crippen molar-refractivity contribution < 1.29 is 14.3 Å². The molecule has 3 rings (SSSR count). The molecule has 0 aromatic carbocycles. The smallest absolute Gasteiger partial charge is 0.246 e. The van der Waals surface area contributed by atoms with Crippen molar-refractivity contribution in [2.24, 2.45) is 0 Å². The Labute approximate surface area is 133 Å². The van der Waals surface area contributed by atoms with Gasteiger partial charge < -0.3 is 14.8 Å². The maximum atomic E-state index is 11.5. The molecule has 9 nitrogen and oxygen atoms in total. The van der Waals surface area contributed by atoms with Crippen molar-refractivity contribution in [3.05, 3.63) is 24.4 Å². The fourth-order valence-corrected chi connectivity index (χ4v) is 2.31. The van der Waals surface area contributed by atoms with Crippen molar-refractivity contribution in [2.45, 2.75) is 26.2 Å². The fraction of sp³-hybridized carbons (Fsp3) is 0.500. The molecule has 0 radical (unpaired) electrons. The summed E-state index contributed by atoms with van der Waals surface area (Å²) < 4.78 is 12.6. The molecule has 122 valence electrons. The van der Waals surface area contributed by atoms with Gasteiger partial charge in [-0.05, 0) is 6.92 Å². The van der Waals surface area contributed by atoms with Crippen LogP contribution in [0.4, 0.5) is 0 Å². The van der Waals surface area contributed by atoms with Crippen molar-refractivity contribution >= 4 is 5.91 Å². The maximum absolute atomic E-state index is 11.5. The van der Waals surface area contributed by atoms with E-state index in [1.807, 2.05) is 6.92 Å². The van der Waals surface area contributed by atoms with Crippen LogP contribution in [0.25, 0.3) is 11.3 Å². The van der Waals surface area contributed by atoms with E-state index < -0.39 is 0 Å². The van der Waals surface area contributed by atoms with Crippen LogP contribution in [-0.4, -0.2) is 56.7 Å². The average molecular weight is 318 g/mol. The number of hydrogen-bond acceptors (Lipinski definition) is 7. The highest BCUT2D eigenvalue weighted by atomic mass is 16.5. The lowest BCUT2D eigenvalue weighted by atomic mass is 10.2. The summed E-state index contributed by atoms with van der Waals surface area (Å²) in [6.45, 7) is 3.75. The number of fused-ring (bicyclic) bond motifs is 1. The first-order valence-corrected chi connectivity index (χ1v) is 7.41. The van der Waals surface area contributed by atoms with Gasteiger partial charge in [0.05, 0.1) is 24.9 Å². The molecule has 3 heterocycles. The monoisotopic (exact) mass is 318 g/mol. The molecule has 0 saturated heterocycles. The van der Waals surface area contributed by atoms with E-state index in [4.69, 9.17) is 9.47 Å². The Balaban J connectivity index is 1.60. The van der Waals surface area contributed by atoms with E-state index in [0.29, 0.717) is 26.3 Å². The molecule has 0 bridgehead atoms. The summed E-state index contributed by atoms with van der Waals surface area (Å²) in [6.07, 6.45) is 4.71. The fourth-order valence-electron chi connectivity index (χ4n) is 2.31. The van der Waals surface area contributed by atoms with Crippen molar-refractivity contribution in [3.8, 4) is 11.3 Å². The van der Waals surface area contributed by atoms with Crippen LogP contribution in [-0.2, 0) is 27.4 Å². The standard InChI is InChI=1S/C14H18N6O3/c1-2-22-8-13(21)17-5-11-6-20-12(7-23-11)14(18-19-20)10-3-15-9-16-4-10/h3-4,9,11H,2,5-8H2,1H3,(H,17,21). The summed E-state index contributed by atoms with van der Waals surface area (Å²) in [5, 5.41) is 11.1. The van der Waals surface area contributed by atoms with Crippen LogP contribution in [0, 0.1) is 0 Å². The normalized spacial score (nSPS) is 16.8. The van der Waals surface area contributed by atoms with Gasteiger partial charge in [0.25, 0.3) is 0 Å². The summed E-state index contributed by atoms with van der Waals surface area (Å²) in [5.41, 5.74) is 2.42. The second-order valence-electron chi connectivity index (χ2n) is 5.07. The highest BCUT2D eigenvalue weighted by molar-refractivity contribution is 5.77. The first kappa shape index (κ1) is 15.5. The molecule has 1 amide bonds. The molecular formula is C14H18N6O3. The topological polar surface area (TPSA) is 104 Å². The van der Waals surface area contributed by atoms with E-state index in [2.05, 4.69) is 25.6 Å². The third-order valence-corrected chi connectivity index (χ3v) is 3.47. The summed E-state index contributed by atoms with van der Waals surface area (Å²) in [6, 6.07) is 0. The van der Waals surface area contributed by atoms with Gasteiger partial charge in [0.2, 0.25) is 5.91 Å². The van der Waals surface area contributed by atoms with E-state index >= 15 is 0 Å². The van der Waals surface area contributed by atoms with E-state index in [0.717, 1.165) is 17.0 Å². The van der Waals surface area contributed by atoms with Crippen LogP contribution in [0.5, 0.6) is 0 Å². The van der Waals surface area contributed by atoms with E-state index in [9.17, 15) is 4.79 Å². The van der Waals surface area contributed by atoms with Gasteiger partial charge in [-0.3, -0.25) is 4.79 Å². The second kappa shape index (κ2) is 7.25. The first-order chi connectivity index (χ1) is 11.3. The molecule has 2 aromatic heterocycles. The van der Waals surface area contributed by atoms with Crippen LogP contribution in [0.15, 0.2) is 18.7 Å². The zero-order chi connectivity index (χ0) is 16.1. The lowest BCUT2D eigenvalue weighted by molar-refractivity contribution is -0.126. The Hall–Kier alpha value is -2.39. The van der Waals surface area contributed by atoms with Gasteiger partial charge in [-0.25, -0.2) is 14.6 Å². The quantitative estimate of drug-likeness (QED) is 0.785. The third kappa shape index (κ3) is 3.69. The summed E-state index contributed by atoms with van der Waals surface area (Å²) in [7, 11) is 0. The Morgan fingerprint density at radius 2 is 2.30 bits per heavy atom. The molecule has 0 aliphatic carbocycles. The number of carbonyl (C=O) groups is 1. The molecular weight excluding hydrogens is 300 g/mol. The van der Waals surface area contributed by atoms with Crippen LogP contribution in [0.1, 0.15) is 12.6 Å². The lowest BCUT2D eigenvalue weighted by Crippen LogP contribution is -2.40. The molecule has 1 aliphatic rings. The van der Waals surface area contributed by atoms with Gasteiger partial charge in [-0.1, -0.05) is 5.21 Å². The van der Waals surface area contributed by atoms with Crippen LogP contribution >= 0.6 is 0 Å². The number of carbonyl (C=O) groups excluding carboxylic acids is 1. The van der Waals surface area contributed by atoms with Crippen LogP contribution in [0.3, 0.4) is 0 Å². The Bertz CT molecular complexity index is 660. The molecule has 0 saturated carbocycles. The second-order valence-corrected chi connectivity index (χ2v) is 5.07. The summed E-state index contributed by atoms with van der Waals surface area (Å²) in [5.74, 6) is -0.151. The minimum Gasteiger partial charge on any atom is -0.372 e. The number of ether oxygens (including phenoxy) is 2. The molecule has 1 aliphatic heterocycles. The predicted molar refractivity (Wildman–Crippen MR) is 79.1 cm³/mol. The van der Waals surface area contributed by atoms with Crippen molar-refractivity contribution in [2.75, 3.05) is 19.8 Å². The third-order valence-electron chi connectivity index (χ3n) is 3.47. The van der Waals surface area contributed by atoms with E-state index in [1.165, 1.54) is 6.33 Å². The average Bonchev–Trinajstić information content (AvgIpc) is 3.02. The van der Waals surface area contributed by atoms with Crippen molar-refractivity contribution in [1.82, 2.24) is 30.3 Å². The largest absolute Gasteiger partial charge is 0.372 e. The number of aromatic nitrogens is 5. The maximum Gasteiger partial charge on any atom is 0.246 e. The van der Waals surface area contributed by atoms with E-state index in [1.54, 1.807) is 17.1 Å². The molecule has 1 N–H and O–H groups in total.